The second-order valence-electron chi connectivity index (χ2n) is 4.53. The smallest absolute Gasteiger partial charge is 0.263 e. The molecule has 4 nitrogen and oxygen atoms in total. The number of rotatable bonds is 4. The third-order valence-corrected chi connectivity index (χ3v) is 3.35. The molecular formula is C13H14F3N3O. The molecule has 2 rings (SSSR count). The van der Waals surface area contributed by atoms with E-state index in [9.17, 15) is 13.2 Å². The summed E-state index contributed by atoms with van der Waals surface area (Å²) in [6.45, 7) is 3.69. The average molecular weight is 285 g/mol. The first kappa shape index (κ1) is 14.5. The van der Waals surface area contributed by atoms with Crippen LogP contribution >= 0.6 is 0 Å². The molecule has 0 aliphatic rings. The summed E-state index contributed by atoms with van der Waals surface area (Å²) in [6.07, 6.45) is 1.08. The van der Waals surface area contributed by atoms with Gasteiger partial charge in [-0.25, -0.2) is 13.2 Å². The van der Waals surface area contributed by atoms with Gasteiger partial charge in [0.2, 0.25) is 0 Å². The number of nitrogens with two attached hydrogens (primary N) is 1. The molecule has 20 heavy (non-hydrogen) atoms. The number of benzene rings is 1. The van der Waals surface area contributed by atoms with E-state index in [2.05, 4.69) is 10.1 Å². The molecule has 0 radical (unpaired) electrons. The lowest BCUT2D eigenvalue weighted by molar-refractivity contribution is 0.349. The molecule has 0 saturated carbocycles. The van der Waals surface area contributed by atoms with Gasteiger partial charge >= 0.3 is 0 Å². The van der Waals surface area contributed by atoms with E-state index in [1.807, 2.05) is 13.8 Å². The Kier molecular flexibility index (Phi) is 3.80. The third-order valence-electron chi connectivity index (χ3n) is 3.35. The normalized spacial score (nSPS) is 11.9. The Morgan fingerprint density at radius 2 is 1.70 bits per heavy atom. The molecule has 0 spiro atoms. The molecule has 7 heteroatoms. The Labute approximate surface area is 113 Å². The lowest BCUT2D eigenvalue weighted by atomic mass is 9.93. The van der Waals surface area contributed by atoms with Gasteiger partial charge in [-0.15, -0.1) is 0 Å². The minimum absolute atomic E-state index is 0.167. The van der Waals surface area contributed by atoms with E-state index in [0.717, 1.165) is 0 Å². The summed E-state index contributed by atoms with van der Waals surface area (Å²) in [5.41, 5.74) is 4.70. The first-order valence-corrected chi connectivity index (χ1v) is 6.19. The number of halogens is 3. The van der Waals surface area contributed by atoms with Crippen LogP contribution in [0.2, 0.25) is 0 Å². The van der Waals surface area contributed by atoms with Crippen molar-refractivity contribution in [1.29, 1.82) is 0 Å². The molecule has 0 fully saturated rings. The van der Waals surface area contributed by atoms with Crippen LogP contribution in [0.25, 0.3) is 11.5 Å². The van der Waals surface area contributed by atoms with E-state index >= 15 is 0 Å². The lowest BCUT2D eigenvalue weighted by Crippen LogP contribution is -2.36. The Morgan fingerprint density at radius 1 is 1.15 bits per heavy atom. The second kappa shape index (κ2) is 5.24. The van der Waals surface area contributed by atoms with Gasteiger partial charge in [0.05, 0.1) is 5.54 Å². The zero-order valence-electron chi connectivity index (χ0n) is 11.1. The molecule has 2 N–H and O–H groups in total. The molecule has 1 aromatic carbocycles. The van der Waals surface area contributed by atoms with Crippen molar-refractivity contribution in [2.75, 3.05) is 0 Å². The van der Waals surface area contributed by atoms with Gasteiger partial charge in [0.15, 0.2) is 5.82 Å². The van der Waals surface area contributed by atoms with Gasteiger partial charge < -0.3 is 10.3 Å². The molecule has 0 atom stereocenters. The minimum Gasteiger partial charge on any atom is -0.334 e. The minimum atomic E-state index is -1.10. The fourth-order valence-corrected chi connectivity index (χ4v) is 1.84. The van der Waals surface area contributed by atoms with E-state index in [0.29, 0.717) is 25.0 Å². The molecule has 108 valence electrons. The maximum atomic E-state index is 13.6. The number of aromatic nitrogens is 2. The first-order valence-electron chi connectivity index (χ1n) is 6.19. The van der Waals surface area contributed by atoms with Gasteiger partial charge in [-0.3, -0.25) is 0 Å². The van der Waals surface area contributed by atoms with Crippen LogP contribution in [0.3, 0.4) is 0 Å². The van der Waals surface area contributed by atoms with Crippen molar-refractivity contribution in [2.24, 2.45) is 5.73 Å². The summed E-state index contributed by atoms with van der Waals surface area (Å²) in [7, 11) is 0. The molecule has 0 amide bonds. The van der Waals surface area contributed by atoms with Gasteiger partial charge in [0, 0.05) is 12.1 Å². The summed E-state index contributed by atoms with van der Waals surface area (Å²) in [4.78, 5) is 3.94. The standard InChI is InChI=1S/C13H14F3N3O/c1-3-13(17,4-2)12-18-11(20-19-12)10-8(15)5-7(14)6-9(10)16/h5-6H,3-4,17H2,1-2H3. The van der Waals surface area contributed by atoms with Crippen LogP contribution < -0.4 is 5.73 Å². The van der Waals surface area contributed by atoms with Crippen molar-refractivity contribution in [2.45, 2.75) is 32.2 Å². The van der Waals surface area contributed by atoms with Crippen LogP contribution in [0, 0.1) is 17.5 Å². The van der Waals surface area contributed by atoms with Crippen LogP contribution in [-0.2, 0) is 5.54 Å². The maximum Gasteiger partial charge on any atom is 0.263 e. The Balaban J connectivity index is 2.49. The van der Waals surface area contributed by atoms with E-state index in [-0.39, 0.29) is 11.7 Å². The predicted molar refractivity (Wildman–Crippen MR) is 66.1 cm³/mol. The molecular weight excluding hydrogens is 271 g/mol. The van der Waals surface area contributed by atoms with Gasteiger partial charge in [0.25, 0.3) is 5.89 Å². The largest absolute Gasteiger partial charge is 0.334 e. The molecule has 0 saturated heterocycles. The number of hydrogen-bond acceptors (Lipinski definition) is 4. The number of hydrogen-bond donors (Lipinski definition) is 1. The summed E-state index contributed by atoms with van der Waals surface area (Å²) in [5.74, 6) is -3.41. The van der Waals surface area contributed by atoms with E-state index in [1.54, 1.807) is 0 Å². The SMILES string of the molecule is CCC(N)(CC)c1noc(-c2c(F)cc(F)cc2F)n1. The van der Waals surface area contributed by atoms with E-state index in [4.69, 9.17) is 10.3 Å². The van der Waals surface area contributed by atoms with Crippen LogP contribution in [-0.4, -0.2) is 10.1 Å². The summed E-state index contributed by atoms with van der Waals surface area (Å²) < 4.78 is 45.0. The maximum absolute atomic E-state index is 13.6. The first-order chi connectivity index (χ1) is 9.41. The molecule has 1 aromatic heterocycles. The number of nitrogens with zero attached hydrogens (tertiary/aromatic N) is 2. The van der Waals surface area contributed by atoms with Crippen molar-refractivity contribution in [1.82, 2.24) is 10.1 Å². The van der Waals surface area contributed by atoms with Crippen molar-refractivity contribution in [3.63, 3.8) is 0 Å². The van der Waals surface area contributed by atoms with Crippen molar-refractivity contribution >= 4 is 0 Å². The molecule has 1 heterocycles. The monoisotopic (exact) mass is 285 g/mol. The van der Waals surface area contributed by atoms with Crippen LogP contribution in [0.4, 0.5) is 13.2 Å². The second-order valence-corrected chi connectivity index (χ2v) is 4.53. The highest BCUT2D eigenvalue weighted by atomic mass is 19.1. The molecule has 0 bridgehead atoms. The van der Waals surface area contributed by atoms with Gasteiger partial charge in [0.1, 0.15) is 23.0 Å². The molecule has 0 aliphatic carbocycles. The Morgan fingerprint density at radius 3 is 2.20 bits per heavy atom. The van der Waals surface area contributed by atoms with E-state index < -0.39 is 28.6 Å². The van der Waals surface area contributed by atoms with Gasteiger partial charge in [-0.1, -0.05) is 19.0 Å². The molecule has 0 unspecified atom stereocenters. The van der Waals surface area contributed by atoms with Crippen LogP contribution in [0.15, 0.2) is 16.7 Å². The predicted octanol–water partition coefficient (Wildman–Crippen LogP) is 3.13. The summed E-state index contributed by atoms with van der Waals surface area (Å²) >= 11 is 0. The van der Waals surface area contributed by atoms with Gasteiger partial charge in [-0.2, -0.15) is 4.98 Å². The molecule has 2 aromatic rings. The average Bonchev–Trinajstić information content (AvgIpc) is 2.86. The third kappa shape index (κ3) is 2.40. The highest BCUT2D eigenvalue weighted by Crippen LogP contribution is 2.29. The Hall–Kier alpha value is -1.89. The fraction of sp³-hybridized carbons (Fsp3) is 0.385. The molecule has 0 aliphatic heterocycles. The topological polar surface area (TPSA) is 64.9 Å². The van der Waals surface area contributed by atoms with Crippen molar-refractivity contribution in [3.05, 3.63) is 35.4 Å². The highest BCUT2D eigenvalue weighted by molar-refractivity contribution is 5.55. The van der Waals surface area contributed by atoms with Crippen molar-refractivity contribution in [3.8, 4) is 11.5 Å². The highest BCUT2D eigenvalue weighted by Gasteiger charge is 2.30. The summed E-state index contributed by atoms with van der Waals surface area (Å²) in [5, 5.41) is 3.67. The lowest BCUT2D eigenvalue weighted by Gasteiger charge is -2.21. The Bertz CT molecular complexity index is 600. The zero-order chi connectivity index (χ0) is 14.9. The quantitative estimate of drug-likeness (QED) is 0.937. The summed E-state index contributed by atoms with van der Waals surface area (Å²) in [6, 6.07) is 1.11. The van der Waals surface area contributed by atoms with Crippen LogP contribution in [0.1, 0.15) is 32.5 Å². The van der Waals surface area contributed by atoms with Crippen LogP contribution in [0.5, 0.6) is 0 Å². The van der Waals surface area contributed by atoms with E-state index in [1.165, 1.54) is 0 Å². The van der Waals surface area contributed by atoms with Gasteiger partial charge in [-0.05, 0) is 12.8 Å². The zero-order valence-corrected chi connectivity index (χ0v) is 11.1. The van der Waals surface area contributed by atoms with Crippen molar-refractivity contribution < 1.29 is 17.7 Å². The fourth-order valence-electron chi connectivity index (χ4n) is 1.84.